The molecule has 2 saturated heterocycles. The number of carbonyl (C=O) groups is 1. The summed E-state index contributed by atoms with van der Waals surface area (Å²) in [7, 11) is 1.43. The minimum atomic E-state index is -0.427. The minimum Gasteiger partial charge on any atom is -0.494 e. The highest BCUT2D eigenvalue weighted by Crippen LogP contribution is 2.33. The van der Waals surface area contributed by atoms with Gasteiger partial charge in [0.1, 0.15) is 0 Å². The Labute approximate surface area is 156 Å². The summed E-state index contributed by atoms with van der Waals surface area (Å²) in [5, 5.41) is 8.87. The van der Waals surface area contributed by atoms with Gasteiger partial charge in [-0.05, 0) is 49.8 Å². The molecule has 7 heteroatoms. The van der Waals surface area contributed by atoms with E-state index in [1.165, 1.54) is 37.4 Å². The molecule has 5 nitrogen and oxygen atoms in total. The van der Waals surface area contributed by atoms with Crippen LogP contribution in [0, 0.1) is 11.7 Å². The van der Waals surface area contributed by atoms with Crippen LogP contribution in [0.2, 0.25) is 0 Å². The number of amides is 1. The molecule has 2 N–H and O–H groups in total. The first kappa shape index (κ1) is 17.4. The molecule has 0 aliphatic carbocycles. The number of rotatable bonds is 5. The van der Waals surface area contributed by atoms with Crippen LogP contribution in [0.1, 0.15) is 32.1 Å². The van der Waals surface area contributed by atoms with E-state index in [9.17, 15) is 9.18 Å². The van der Waals surface area contributed by atoms with Gasteiger partial charge in [0.15, 0.2) is 16.7 Å². The summed E-state index contributed by atoms with van der Waals surface area (Å²) in [5.41, 5.74) is 1.31. The molecule has 2 aliphatic heterocycles. The summed E-state index contributed by atoms with van der Waals surface area (Å²) in [6.07, 6.45) is 5.17. The number of ether oxygens (including phenoxy) is 1. The lowest BCUT2D eigenvalue weighted by Gasteiger charge is -2.28. The number of hydrogen-bond donors (Lipinski definition) is 2. The van der Waals surface area contributed by atoms with Gasteiger partial charge in [0.05, 0.1) is 12.8 Å². The van der Waals surface area contributed by atoms with Crippen LogP contribution < -0.4 is 15.4 Å². The highest BCUT2D eigenvalue weighted by Gasteiger charge is 2.34. The van der Waals surface area contributed by atoms with Gasteiger partial charge >= 0.3 is 0 Å². The van der Waals surface area contributed by atoms with Gasteiger partial charge < -0.3 is 15.4 Å². The molecule has 2 bridgehead atoms. The summed E-state index contributed by atoms with van der Waals surface area (Å²) in [5.74, 6) is 0.236. The van der Waals surface area contributed by atoms with E-state index in [2.05, 4.69) is 15.6 Å². The lowest BCUT2D eigenvalue weighted by Crippen LogP contribution is -2.39. The van der Waals surface area contributed by atoms with E-state index in [4.69, 9.17) is 4.74 Å². The Bertz CT molecular complexity index is 798. The van der Waals surface area contributed by atoms with Gasteiger partial charge in [-0.15, -0.1) is 11.3 Å². The third-order valence-corrected chi connectivity index (χ3v) is 6.00. The second-order valence-corrected chi connectivity index (χ2v) is 7.97. The Kier molecular flexibility index (Phi) is 4.91. The van der Waals surface area contributed by atoms with Gasteiger partial charge in [0, 0.05) is 29.4 Å². The molecular formula is C19H22FN3O2S. The fourth-order valence-electron chi connectivity index (χ4n) is 4.06. The van der Waals surface area contributed by atoms with E-state index < -0.39 is 5.82 Å². The summed E-state index contributed by atoms with van der Waals surface area (Å²) < 4.78 is 18.8. The number of halogens is 1. The molecule has 2 atom stereocenters. The van der Waals surface area contributed by atoms with E-state index in [1.807, 2.05) is 5.38 Å². The van der Waals surface area contributed by atoms with Crippen LogP contribution >= 0.6 is 11.3 Å². The molecule has 2 aromatic rings. The van der Waals surface area contributed by atoms with Gasteiger partial charge in [-0.25, -0.2) is 9.37 Å². The molecular weight excluding hydrogens is 353 g/mol. The summed E-state index contributed by atoms with van der Waals surface area (Å²) in [6, 6.07) is 5.90. The Morgan fingerprint density at radius 2 is 2.15 bits per heavy atom. The normalized spacial score (nSPS) is 24.5. The quantitative estimate of drug-likeness (QED) is 0.834. The van der Waals surface area contributed by atoms with Crippen LogP contribution in [0.5, 0.6) is 5.75 Å². The lowest BCUT2D eigenvalue weighted by atomic mass is 9.89. The molecule has 1 aromatic carbocycles. The van der Waals surface area contributed by atoms with Crippen molar-refractivity contribution in [2.24, 2.45) is 5.92 Å². The Hall–Kier alpha value is -1.99. The highest BCUT2D eigenvalue weighted by atomic mass is 32.1. The van der Waals surface area contributed by atoms with Gasteiger partial charge in [-0.2, -0.15) is 0 Å². The van der Waals surface area contributed by atoms with Crippen LogP contribution in [-0.4, -0.2) is 30.1 Å². The second kappa shape index (κ2) is 7.32. The maximum Gasteiger partial charge on any atom is 0.226 e. The molecule has 2 aliphatic rings. The number of fused-ring (bicyclic) bond motifs is 2. The van der Waals surface area contributed by atoms with Crippen molar-refractivity contribution in [1.29, 1.82) is 0 Å². The number of methoxy groups -OCH3 is 1. The number of thiazole rings is 1. The SMILES string of the molecule is COc1ccc(-c2csc(NC(=O)CC3CC4CCC(C3)N4)n2)cc1F. The molecule has 0 spiro atoms. The van der Waals surface area contributed by atoms with E-state index in [0.29, 0.717) is 40.8 Å². The molecule has 1 amide bonds. The van der Waals surface area contributed by atoms with Crippen LogP contribution in [0.3, 0.4) is 0 Å². The topological polar surface area (TPSA) is 63.2 Å². The molecule has 2 fully saturated rings. The predicted octanol–water partition coefficient (Wildman–Crippen LogP) is 3.82. The maximum absolute atomic E-state index is 13.9. The van der Waals surface area contributed by atoms with Crippen molar-refractivity contribution in [3.63, 3.8) is 0 Å². The molecule has 3 heterocycles. The fraction of sp³-hybridized carbons (Fsp3) is 0.474. The number of hydrogen-bond acceptors (Lipinski definition) is 5. The minimum absolute atomic E-state index is 0.0121. The van der Waals surface area contributed by atoms with E-state index in [-0.39, 0.29) is 11.7 Å². The third kappa shape index (κ3) is 3.73. The Balaban J connectivity index is 1.37. The largest absolute Gasteiger partial charge is 0.494 e. The number of benzene rings is 1. The zero-order valence-electron chi connectivity index (χ0n) is 14.6. The lowest BCUT2D eigenvalue weighted by molar-refractivity contribution is -0.117. The van der Waals surface area contributed by atoms with Crippen LogP contribution in [-0.2, 0) is 4.79 Å². The summed E-state index contributed by atoms with van der Waals surface area (Å²) in [4.78, 5) is 16.8. The number of nitrogens with one attached hydrogen (secondary N) is 2. The number of nitrogens with zero attached hydrogens (tertiary/aromatic N) is 1. The third-order valence-electron chi connectivity index (χ3n) is 5.24. The standard InChI is InChI=1S/C19H22FN3O2S/c1-25-17-5-2-12(9-15(17)20)16-10-26-19(22-16)23-18(24)8-11-6-13-3-4-14(7-11)21-13/h2,5,9-11,13-14,21H,3-4,6-8H2,1H3,(H,22,23,24). The van der Waals surface area contributed by atoms with Gasteiger partial charge in [-0.3, -0.25) is 4.79 Å². The number of anilines is 1. The van der Waals surface area contributed by atoms with Crippen molar-refractivity contribution in [3.05, 3.63) is 29.4 Å². The molecule has 1 aromatic heterocycles. The molecule has 0 saturated carbocycles. The molecule has 26 heavy (non-hydrogen) atoms. The first-order valence-corrected chi connectivity index (χ1v) is 9.84. The molecule has 138 valence electrons. The molecule has 2 unspecified atom stereocenters. The van der Waals surface area contributed by atoms with Crippen molar-refractivity contribution >= 4 is 22.4 Å². The van der Waals surface area contributed by atoms with Crippen molar-refractivity contribution in [2.75, 3.05) is 12.4 Å². The van der Waals surface area contributed by atoms with Gasteiger partial charge in [-0.1, -0.05) is 0 Å². The average molecular weight is 375 g/mol. The molecule has 0 radical (unpaired) electrons. The van der Waals surface area contributed by atoms with Crippen molar-refractivity contribution in [1.82, 2.24) is 10.3 Å². The smallest absolute Gasteiger partial charge is 0.226 e. The van der Waals surface area contributed by atoms with Crippen LogP contribution in [0.15, 0.2) is 23.6 Å². The Morgan fingerprint density at radius 3 is 2.85 bits per heavy atom. The van der Waals surface area contributed by atoms with Crippen molar-refractivity contribution in [2.45, 2.75) is 44.2 Å². The predicted molar refractivity (Wildman–Crippen MR) is 100.0 cm³/mol. The highest BCUT2D eigenvalue weighted by molar-refractivity contribution is 7.14. The zero-order valence-corrected chi connectivity index (χ0v) is 15.4. The molecule has 4 rings (SSSR count). The van der Waals surface area contributed by atoms with Crippen molar-refractivity contribution < 1.29 is 13.9 Å². The summed E-state index contributed by atoms with van der Waals surface area (Å²) in [6.45, 7) is 0. The summed E-state index contributed by atoms with van der Waals surface area (Å²) >= 11 is 1.35. The van der Waals surface area contributed by atoms with E-state index >= 15 is 0 Å². The Morgan fingerprint density at radius 1 is 1.38 bits per heavy atom. The van der Waals surface area contributed by atoms with Crippen LogP contribution in [0.4, 0.5) is 9.52 Å². The number of piperidine rings is 1. The van der Waals surface area contributed by atoms with Gasteiger partial charge in [0.2, 0.25) is 5.91 Å². The number of carbonyl (C=O) groups excluding carboxylic acids is 1. The first-order valence-electron chi connectivity index (χ1n) is 8.96. The van der Waals surface area contributed by atoms with E-state index in [0.717, 1.165) is 12.8 Å². The maximum atomic E-state index is 13.9. The number of aromatic nitrogens is 1. The zero-order chi connectivity index (χ0) is 18.1. The monoisotopic (exact) mass is 375 g/mol. The van der Waals surface area contributed by atoms with Gasteiger partial charge in [0.25, 0.3) is 0 Å². The second-order valence-electron chi connectivity index (χ2n) is 7.11. The average Bonchev–Trinajstić information content (AvgIpc) is 3.21. The fourth-order valence-corrected chi connectivity index (χ4v) is 4.80. The van der Waals surface area contributed by atoms with E-state index in [1.54, 1.807) is 12.1 Å². The van der Waals surface area contributed by atoms with Crippen LogP contribution in [0.25, 0.3) is 11.3 Å². The van der Waals surface area contributed by atoms with Crippen molar-refractivity contribution in [3.8, 4) is 17.0 Å². The first-order chi connectivity index (χ1) is 12.6.